The molecule has 0 bridgehead atoms. The van der Waals surface area contributed by atoms with E-state index in [1.54, 1.807) is 60.7 Å². The Bertz CT molecular complexity index is 2140. The van der Waals surface area contributed by atoms with Crippen LogP contribution in [0.1, 0.15) is 5.56 Å². The summed E-state index contributed by atoms with van der Waals surface area (Å²) < 4.78 is 31.6. The third kappa shape index (κ3) is 5.98. The fraction of sp³-hybridized carbons (Fsp3) is 0.0625. The molecule has 2 aromatic heterocycles. The van der Waals surface area contributed by atoms with Gasteiger partial charge in [-0.15, -0.1) is 0 Å². The highest BCUT2D eigenvalue weighted by Gasteiger charge is 2.18. The molecule has 1 N–H and O–H groups in total. The standard InChI is InChI=1S/C32H21Cl2FN4O5/c1-42-27-12-18(11-24(34)30(27)43-17-29(40)37-22-6-4-5-21(35)15-22)16-36-39-31(38-25-8-3-2-7-23(25)32(39)41)28-14-19-13-20(33)9-10-26(19)44-28/h2-16H,17H2,1H3,(H,37,40). The zero-order valence-electron chi connectivity index (χ0n) is 22.9. The van der Waals surface area contributed by atoms with E-state index in [4.69, 9.17) is 37.1 Å². The van der Waals surface area contributed by atoms with Crippen LogP contribution >= 0.6 is 23.2 Å². The monoisotopic (exact) mass is 630 g/mol. The molecule has 9 nitrogen and oxygen atoms in total. The second-order valence-corrected chi connectivity index (χ2v) is 10.3. The van der Waals surface area contributed by atoms with Crippen LogP contribution < -0.4 is 20.3 Å². The van der Waals surface area contributed by atoms with Gasteiger partial charge in [0.15, 0.2) is 23.9 Å². The number of ether oxygens (including phenoxy) is 2. The Morgan fingerprint density at radius 3 is 2.73 bits per heavy atom. The van der Waals surface area contributed by atoms with Crippen LogP contribution in [0, 0.1) is 5.82 Å². The first kappa shape index (κ1) is 28.9. The molecular weight excluding hydrogens is 610 g/mol. The van der Waals surface area contributed by atoms with Crippen LogP contribution in [0.15, 0.2) is 99.2 Å². The van der Waals surface area contributed by atoms with Gasteiger partial charge in [-0.1, -0.05) is 41.4 Å². The summed E-state index contributed by atoms with van der Waals surface area (Å²) in [5, 5.41) is 8.76. The lowest BCUT2D eigenvalue weighted by Gasteiger charge is -2.13. The molecule has 0 saturated heterocycles. The minimum atomic E-state index is -0.525. The highest BCUT2D eigenvalue weighted by molar-refractivity contribution is 6.32. The number of hydrogen-bond donors (Lipinski definition) is 1. The topological polar surface area (TPSA) is 108 Å². The molecule has 220 valence electrons. The van der Waals surface area contributed by atoms with Crippen LogP contribution in [-0.2, 0) is 4.79 Å². The Morgan fingerprint density at radius 1 is 1.07 bits per heavy atom. The van der Waals surface area contributed by atoms with Crippen LogP contribution in [0.3, 0.4) is 0 Å². The van der Waals surface area contributed by atoms with Crippen LogP contribution in [0.2, 0.25) is 10.0 Å². The SMILES string of the molecule is COc1cc(C=Nn2c(-c3cc4cc(Cl)ccc4o3)nc3ccccc3c2=O)cc(Cl)c1OCC(=O)Nc1cccc(F)c1. The second kappa shape index (κ2) is 12.2. The van der Waals surface area contributed by atoms with Crippen molar-refractivity contribution in [3.05, 3.63) is 117 Å². The Kier molecular flexibility index (Phi) is 8.01. The van der Waals surface area contributed by atoms with E-state index in [1.165, 1.54) is 37.6 Å². The molecule has 44 heavy (non-hydrogen) atoms. The number of aromatic nitrogens is 2. The molecule has 0 aliphatic rings. The lowest BCUT2D eigenvalue weighted by molar-refractivity contribution is -0.118. The average molecular weight is 631 g/mol. The summed E-state index contributed by atoms with van der Waals surface area (Å²) in [5.74, 6) is -0.175. The van der Waals surface area contributed by atoms with E-state index >= 15 is 0 Å². The number of anilines is 1. The second-order valence-electron chi connectivity index (χ2n) is 9.49. The minimum Gasteiger partial charge on any atom is -0.493 e. The molecule has 0 aliphatic carbocycles. The van der Waals surface area contributed by atoms with Gasteiger partial charge in [-0.25, -0.2) is 9.37 Å². The summed E-state index contributed by atoms with van der Waals surface area (Å²) in [5.41, 5.74) is 1.38. The van der Waals surface area contributed by atoms with Crippen molar-refractivity contribution < 1.29 is 23.1 Å². The molecule has 6 rings (SSSR count). The normalized spacial score (nSPS) is 11.4. The number of carbonyl (C=O) groups is 1. The number of nitrogens with zero attached hydrogens (tertiary/aromatic N) is 3. The highest BCUT2D eigenvalue weighted by Crippen LogP contribution is 2.36. The Morgan fingerprint density at radius 2 is 1.91 bits per heavy atom. The number of benzene rings is 4. The number of para-hydroxylation sites is 1. The van der Waals surface area contributed by atoms with Gasteiger partial charge in [-0.3, -0.25) is 9.59 Å². The quantitative estimate of drug-likeness (QED) is 0.179. The van der Waals surface area contributed by atoms with Crippen LogP contribution in [0.25, 0.3) is 33.5 Å². The van der Waals surface area contributed by atoms with Crippen molar-refractivity contribution in [1.29, 1.82) is 0 Å². The number of hydrogen-bond acceptors (Lipinski definition) is 7. The molecule has 0 unspecified atom stereocenters. The Hall–Kier alpha value is -5.19. The molecule has 1 amide bonds. The Balaban J connectivity index is 1.32. The lowest BCUT2D eigenvalue weighted by atomic mass is 10.2. The van der Waals surface area contributed by atoms with Gasteiger partial charge in [-0.2, -0.15) is 9.78 Å². The summed E-state index contributed by atoms with van der Waals surface area (Å²) in [6.45, 7) is -0.412. The smallest absolute Gasteiger partial charge is 0.282 e. The van der Waals surface area contributed by atoms with Gasteiger partial charge in [0.1, 0.15) is 11.4 Å². The maximum absolute atomic E-state index is 13.6. The number of fused-ring (bicyclic) bond motifs is 2. The van der Waals surface area contributed by atoms with Gasteiger partial charge >= 0.3 is 0 Å². The van der Waals surface area contributed by atoms with Crippen molar-refractivity contribution in [2.45, 2.75) is 0 Å². The molecule has 0 saturated carbocycles. The van der Waals surface area contributed by atoms with Crippen molar-refractivity contribution in [1.82, 2.24) is 9.66 Å². The molecule has 0 spiro atoms. The van der Waals surface area contributed by atoms with Crippen LogP contribution in [0.4, 0.5) is 10.1 Å². The van der Waals surface area contributed by atoms with Gasteiger partial charge in [0.2, 0.25) is 5.82 Å². The summed E-state index contributed by atoms with van der Waals surface area (Å²) in [7, 11) is 1.41. The lowest BCUT2D eigenvalue weighted by Crippen LogP contribution is -2.20. The molecule has 0 radical (unpaired) electrons. The maximum atomic E-state index is 13.6. The predicted octanol–water partition coefficient (Wildman–Crippen LogP) is 7.16. The number of methoxy groups -OCH3 is 1. The van der Waals surface area contributed by atoms with E-state index < -0.39 is 23.9 Å². The zero-order chi connectivity index (χ0) is 30.8. The highest BCUT2D eigenvalue weighted by atomic mass is 35.5. The first-order valence-corrected chi connectivity index (χ1v) is 13.9. The molecule has 0 fully saturated rings. The van der Waals surface area contributed by atoms with Crippen LogP contribution in [0.5, 0.6) is 11.5 Å². The number of rotatable bonds is 8. The van der Waals surface area contributed by atoms with Crippen molar-refractivity contribution in [3.63, 3.8) is 0 Å². The van der Waals surface area contributed by atoms with E-state index in [-0.39, 0.29) is 28.0 Å². The number of amides is 1. The van der Waals surface area contributed by atoms with Gasteiger partial charge in [0, 0.05) is 16.1 Å². The molecule has 12 heteroatoms. The van der Waals surface area contributed by atoms with Crippen LogP contribution in [-0.4, -0.2) is 35.5 Å². The molecule has 2 heterocycles. The van der Waals surface area contributed by atoms with Gasteiger partial charge in [0.25, 0.3) is 11.5 Å². The van der Waals surface area contributed by atoms with Gasteiger partial charge in [0.05, 0.1) is 29.2 Å². The zero-order valence-corrected chi connectivity index (χ0v) is 24.4. The third-order valence-electron chi connectivity index (χ3n) is 6.48. The molecule has 0 atom stereocenters. The summed E-state index contributed by atoms with van der Waals surface area (Å²) >= 11 is 12.6. The molecule has 4 aromatic carbocycles. The van der Waals surface area contributed by atoms with Crippen molar-refractivity contribution >= 4 is 62.9 Å². The molecular formula is C32H21Cl2FN4O5. The average Bonchev–Trinajstić information content (AvgIpc) is 3.43. The number of furan rings is 1. The van der Waals surface area contributed by atoms with Crippen molar-refractivity contribution in [2.24, 2.45) is 5.10 Å². The van der Waals surface area contributed by atoms with E-state index in [1.807, 2.05) is 0 Å². The third-order valence-corrected chi connectivity index (χ3v) is 7.00. The van der Waals surface area contributed by atoms with E-state index in [0.717, 1.165) is 10.1 Å². The number of nitrogens with one attached hydrogen (secondary N) is 1. The largest absolute Gasteiger partial charge is 0.493 e. The van der Waals surface area contributed by atoms with Crippen molar-refractivity contribution in [2.75, 3.05) is 19.0 Å². The fourth-order valence-electron chi connectivity index (χ4n) is 4.49. The predicted molar refractivity (Wildman–Crippen MR) is 168 cm³/mol. The van der Waals surface area contributed by atoms with Crippen molar-refractivity contribution in [3.8, 4) is 23.1 Å². The number of halogens is 3. The van der Waals surface area contributed by atoms with E-state index in [2.05, 4.69) is 15.4 Å². The van der Waals surface area contributed by atoms with E-state index in [9.17, 15) is 14.0 Å². The fourth-order valence-corrected chi connectivity index (χ4v) is 4.95. The number of carbonyl (C=O) groups excluding carboxylic acids is 1. The summed E-state index contributed by atoms with van der Waals surface area (Å²) in [4.78, 5) is 30.6. The Labute approximate surface area is 259 Å². The van der Waals surface area contributed by atoms with Gasteiger partial charge in [-0.05, 0) is 72.3 Å². The maximum Gasteiger partial charge on any atom is 0.282 e. The van der Waals surface area contributed by atoms with Gasteiger partial charge < -0.3 is 19.2 Å². The minimum absolute atomic E-state index is 0.117. The molecule has 0 aliphatic heterocycles. The van der Waals surface area contributed by atoms with E-state index in [0.29, 0.717) is 32.8 Å². The summed E-state index contributed by atoms with van der Waals surface area (Å²) in [6.07, 6.45) is 1.41. The first-order valence-electron chi connectivity index (χ1n) is 13.1. The first-order chi connectivity index (χ1) is 21.3. The summed E-state index contributed by atoms with van der Waals surface area (Å²) in [6, 6.07) is 22.4. The molecule has 6 aromatic rings.